The summed E-state index contributed by atoms with van der Waals surface area (Å²) in [5.41, 5.74) is 0.676. The van der Waals surface area contributed by atoms with Gasteiger partial charge in [0.25, 0.3) is 0 Å². The van der Waals surface area contributed by atoms with Crippen molar-refractivity contribution in [1.82, 2.24) is 4.90 Å². The van der Waals surface area contributed by atoms with Gasteiger partial charge in [0, 0.05) is 37.4 Å². The SMILES string of the molecule is CC(C)N1CCC(N(Cc2ccccc2C(F)(F)F)c2ccc(C#N)c(Cl)c2)C1. The molecule has 0 aromatic heterocycles. The van der Waals surface area contributed by atoms with E-state index in [0.717, 1.165) is 31.3 Å². The molecule has 1 saturated heterocycles. The van der Waals surface area contributed by atoms with Gasteiger partial charge < -0.3 is 4.90 Å². The zero-order chi connectivity index (χ0) is 21.2. The first-order valence-corrected chi connectivity index (χ1v) is 9.94. The molecule has 0 amide bonds. The van der Waals surface area contributed by atoms with E-state index in [0.29, 0.717) is 16.6 Å². The van der Waals surface area contributed by atoms with E-state index < -0.39 is 11.7 Å². The molecule has 2 aromatic carbocycles. The van der Waals surface area contributed by atoms with E-state index in [2.05, 4.69) is 18.7 Å². The van der Waals surface area contributed by atoms with Gasteiger partial charge in [-0.1, -0.05) is 29.8 Å². The number of alkyl halides is 3. The molecular weight excluding hydrogens is 399 g/mol. The van der Waals surface area contributed by atoms with Crippen LogP contribution >= 0.6 is 11.6 Å². The van der Waals surface area contributed by atoms with Crippen molar-refractivity contribution in [2.45, 2.75) is 45.1 Å². The van der Waals surface area contributed by atoms with Crippen molar-refractivity contribution >= 4 is 17.3 Å². The molecule has 1 heterocycles. The van der Waals surface area contributed by atoms with Gasteiger partial charge in [-0.2, -0.15) is 18.4 Å². The molecule has 29 heavy (non-hydrogen) atoms. The molecule has 1 atom stereocenters. The lowest BCUT2D eigenvalue weighted by atomic mass is 10.0. The Labute approximate surface area is 174 Å². The molecule has 2 aromatic rings. The predicted molar refractivity (Wildman–Crippen MR) is 109 cm³/mol. The molecule has 0 N–H and O–H groups in total. The maximum absolute atomic E-state index is 13.5. The van der Waals surface area contributed by atoms with Crippen molar-refractivity contribution in [1.29, 1.82) is 5.26 Å². The van der Waals surface area contributed by atoms with E-state index in [1.165, 1.54) is 12.1 Å². The Hall–Kier alpha value is -2.23. The van der Waals surface area contributed by atoms with Crippen LogP contribution < -0.4 is 4.90 Å². The zero-order valence-corrected chi connectivity index (χ0v) is 17.1. The standard InChI is InChI=1S/C22H23ClF3N3/c1-15(2)28-10-9-19(14-28)29(18-8-7-16(12-27)21(23)11-18)13-17-5-3-4-6-20(17)22(24,25)26/h3-8,11,15,19H,9-10,13-14H2,1-2H3. The van der Waals surface area contributed by atoms with Crippen molar-refractivity contribution in [3.63, 3.8) is 0 Å². The second-order valence-corrected chi connectivity index (χ2v) is 8.00. The smallest absolute Gasteiger partial charge is 0.363 e. The normalized spacial score (nSPS) is 17.5. The number of halogens is 4. The summed E-state index contributed by atoms with van der Waals surface area (Å²) in [6.07, 6.45) is -3.56. The van der Waals surface area contributed by atoms with E-state index in [4.69, 9.17) is 16.9 Å². The number of hydrogen-bond acceptors (Lipinski definition) is 3. The maximum Gasteiger partial charge on any atom is 0.416 e. The monoisotopic (exact) mass is 421 g/mol. The largest absolute Gasteiger partial charge is 0.416 e. The fourth-order valence-corrected chi connectivity index (χ4v) is 4.03. The molecule has 3 nitrogen and oxygen atoms in total. The molecule has 0 bridgehead atoms. The highest BCUT2D eigenvalue weighted by Crippen LogP contribution is 2.35. The Morgan fingerprint density at radius 1 is 1.24 bits per heavy atom. The van der Waals surface area contributed by atoms with E-state index in [1.54, 1.807) is 24.3 Å². The van der Waals surface area contributed by atoms with Crippen LogP contribution in [0.15, 0.2) is 42.5 Å². The first kappa shape index (κ1) is 21.5. The second kappa shape index (κ2) is 8.64. The third-order valence-electron chi connectivity index (χ3n) is 5.43. The quantitative estimate of drug-likeness (QED) is 0.618. The van der Waals surface area contributed by atoms with Crippen LogP contribution in [0.3, 0.4) is 0 Å². The molecule has 1 fully saturated rings. The fourth-order valence-electron chi connectivity index (χ4n) is 3.81. The maximum atomic E-state index is 13.5. The zero-order valence-electron chi connectivity index (χ0n) is 16.4. The first-order chi connectivity index (χ1) is 13.7. The first-order valence-electron chi connectivity index (χ1n) is 9.56. The Morgan fingerprint density at radius 2 is 1.97 bits per heavy atom. The molecule has 154 valence electrons. The van der Waals surface area contributed by atoms with Crippen LogP contribution in [-0.2, 0) is 12.7 Å². The van der Waals surface area contributed by atoms with Gasteiger partial charge in [0.05, 0.1) is 16.1 Å². The second-order valence-electron chi connectivity index (χ2n) is 7.59. The third kappa shape index (κ3) is 4.85. The molecule has 1 aliphatic heterocycles. The fraction of sp³-hybridized carbons (Fsp3) is 0.409. The van der Waals surface area contributed by atoms with Gasteiger partial charge in [-0.15, -0.1) is 0 Å². The van der Waals surface area contributed by atoms with Crippen LogP contribution in [0.5, 0.6) is 0 Å². The summed E-state index contributed by atoms with van der Waals surface area (Å²) in [5, 5.41) is 9.44. The third-order valence-corrected chi connectivity index (χ3v) is 5.75. The van der Waals surface area contributed by atoms with Crippen LogP contribution in [0.25, 0.3) is 0 Å². The number of hydrogen-bond donors (Lipinski definition) is 0. The molecule has 0 aliphatic carbocycles. The molecule has 3 rings (SSSR count). The van der Waals surface area contributed by atoms with E-state index in [-0.39, 0.29) is 18.2 Å². The lowest BCUT2D eigenvalue weighted by Gasteiger charge is -2.33. The van der Waals surface area contributed by atoms with Gasteiger partial charge in [-0.05, 0) is 50.1 Å². The van der Waals surface area contributed by atoms with Gasteiger partial charge in [-0.3, -0.25) is 4.90 Å². The summed E-state index contributed by atoms with van der Waals surface area (Å²) in [4.78, 5) is 4.30. The molecule has 0 spiro atoms. The molecule has 0 saturated carbocycles. The van der Waals surface area contributed by atoms with Gasteiger partial charge in [-0.25, -0.2) is 0 Å². The predicted octanol–water partition coefficient (Wildman–Crippen LogP) is 5.72. The minimum Gasteiger partial charge on any atom is -0.363 e. The van der Waals surface area contributed by atoms with Crippen LogP contribution in [0.1, 0.15) is 37.0 Å². The molecule has 7 heteroatoms. The van der Waals surface area contributed by atoms with Crippen LogP contribution in [0.4, 0.5) is 18.9 Å². The number of nitrogens with zero attached hydrogens (tertiary/aromatic N) is 3. The lowest BCUT2D eigenvalue weighted by Crippen LogP contribution is -2.39. The van der Waals surface area contributed by atoms with E-state index in [1.807, 2.05) is 11.0 Å². The van der Waals surface area contributed by atoms with E-state index in [9.17, 15) is 13.2 Å². The van der Waals surface area contributed by atoms with Crippen molar-refractivity contribution in [3.05, 3.63) is 64.2 Å². The Balaban J connectivity index is 1.99. The number of likely N-dealkylation sites (tertiary alicyclic amines) is 1. The van der Waals surface area contributed by atoms with Crippen LogP contribution in [-0.4, -0.2) is 30.1 Å². The summed E-state index contributed by atoms with van der Waals surface area (Å²) >= 11 is 6.23. The highest BCUT2D eigenvalue weighted by atomic mass is 35.5. The lowest BCUT2D eigenvalue weighted by molar-refractivity contribution is -0.138. The summed E-state index contributed by atoms with van der Waals surface area (Å²) in [7, 11) is 0. The number of rotatable bonds is 5. The van der Waals surface area contributed by atoms with Crippen molar-refractivity contribution in [3.8, 4) is 6.07 Å². The molecule has 1 aliphatic rings. The Kier molecular flexibility index (Phi) is 6.40. The average Bonchev–Trinajstić information content (AvgIpc) is 3.16. The summed E-state index contributed by atoms with van der Waals surface area (Å²) in [6, 6.07) is 13.2. The van der Waals surface area contributed by atoms with Crippen molar-refractivity contribution in [2.24, 2.45) is 0 Å². The van der Waals surface area contributed by atoms with E-state index >= 15 is 0 Å². The minimum absolute atomic E-state index is 0.0580. The topological polar surface area (TPSA) is 30.3 Å². The number of anilines is 1. The number of benzene rings is 2. The van der Waals surface area contributed by atoms with Gasteiger partial charge in [0.2, 0.25) is 0 Å². The number of nitriles is 1. The van der Waals surface area contributed by atoms with Crippen LogP contribution in [0, 0.1) is 11.3 Å². The van der Waals surface area contributed by atoms with Gasteiger partial charge >= 0.3 is 6.18 Å². The molecular formula is C22H23ClF3N3. The Morgan fingerprint density at radius 3 is 2.55 bits per heavy atom. The summed E-state index contributed by atoms with van der Waals surface area (Å²) < 4.78 is 40.6. The highest BCUT2D eigenvalue weighted by molar-refractivity contribution is 6.32. The minimum atomic E-state index is -4.41. The highest BCUT2D eigenvalue weighted by Gasteiger charge is 2.35. The van der Waals surface area contributed by atoms with Gasteiger partial charge in [0.15, 0.2) is 0 Å². The summed E-state index contributed by atoms with van der Waals surface area (Å²) in [6.45, 7) is 6.01. The average molecular weight is 422 g/mol. The van der Waals surface area contributed by atoms with Crippen LogP contribution in [0.2, 0.25) is 5.02 Å². The van der Waals surface area contributed by atoms with Crippen molar-refractivity contribution in [2.75, 3.05) is 18.0 Å². The van der Waals surface area contributed by atoms with Crippen molar-refractivity contribution < 1.29 is 13.2 Å². The Bertz CT molecular complexity index is 905. The molecule has 1 unspecified atom stereocenters. The van der Waals surface area contributed by atoms with Gasteiger partial charge in [0.1, 0.15) is 6.07 Å². The summed E-state index contributed by atoms with van der Waals surface area (Å²) in [5.74, 6) is 0. The molecule has 0 radical (unpaired) electrons.